The smallest absolute Gasteiger partial charge is 0.383 e. The van der Waals surface area contributed by atoms with E-state index in [2.05, 4.69) is 15.1 Å². The molecule has 1 aromatic carbocycles. The number of hydrogen-bond donors (Lipinski definition) is 1. The Balaban J connectivity index is 1.62. The van der Waals surface area contributed by atoms with Crippen molar-refractivity contribution in [1.82, 2.24) is 29.8 Å². The normalized spacial score (nSPS) is 15.0. The Morgan fingerprint density at radius 3 is 2.58 bits per heavy atom. The van der Waals surface area contributed by atoms with Crippen molar-refractivity contribution < 1.29 is 25.5 Å². The van der Waals surface area contributed by atoms with Crippen molar-refractivity contribution in [3.63, 3.8) is 0 Å². The van der Waals surface area contributed by atoms with Crippen molar-refractivity contribution in [1.29, 1.82) is 0 Å². The number of benzene rings is 1. The minimum absolute atomic E-state index is 0.0119. The fourth-order valence-corrected chi connectivity index (χ4v) is 3.90. The fourth-order valence-electron chi connectivity index (χ4n) is 3.90. The van der Waals surface area contributed by atoms with E-state index >= 15 is 0 Å². The third-order valence-electron chi connectivity index (χ3n) is 6.00. The molecule has 1 fully saturated rings. The Morgan fingerprint density at radius 2 is 1.94 bits per heavy atom. The molecular weight excluding hydrogens is 475 g/mol. The van der Waals surface area contributed by atoms with Gasteiger partial charge in [0.2, 0.25) is 5.91 Å². The number of nitrogen functional groups attached to an aromatic ring is 1. The fraction of sp³-hybridized carbons (Fsp3) is 0.292. The van der Waals surface area contributed by atoms with E-state index in [-0.39, 0.29) is 17.3 Å². The highest BCUT2D eigenvalue weighted by Gasteiger charge is 2.36. The van der Waals surface area contributed by atoms with Crippen molar-refractivity contribution in [3.8, 4) is 0 Å². The number of amides is 2. The minimum atomic E-state index is -4.67. The quantitative estimate of drug-likeness (QED) is 0.430. The Kier molecular flexibility index (Phi) is 4.96. The van der Waals surface area contributed by atoms with Crippen LogP contribution >= 0.6 is 0 Å². The number of nitrogens with zero attached hydrogens (tertiary/aromatic N) is 6. The zero-order valence-electron chi connectivity index (χ0n) is 21.2. The van der Waals surface area contributed by atoms with Crippen molar-refractivity contribution in [3.05, 3.63) is 59.5 Å². The molecule has 0 atom stereocenters. The molecule has 2 N–H and O–H groups in total. The first-order valence-corrected chi connectivity index (χ1v) is 11.0. The zero-order chi connectivity index (χ0) is 27.6. The molecule has 0 radical (unpaired) electrons. The predicted molar refractivity (Wildman–Crippen MR) is 125 cm³/mol. The molecule has 1 saturated carbocycles. The molecule has 1 aliphatic carbocycles. The van der Waals surface area contributed by atoms with Gasteiger partial charge in [-0.05, 0) is 43.2 Å². The largest absolute Gasteiger partial charge is 0.417 e. The van der Waals surface area contributed by atoms with Crippen molar-refractivity contribution >= 4 is 39.4 Å². The summed E-state index contributed by atoms with van der Waals surface area (Å²) in [5, 5.41) is 6.75. The number of fused-ring (bicyclic) bond motifs is 3. The van der Waals surface area contributed by atoms with E-state index in [4.69, 9.17) is 8.48 Å². The van der Waals surface area contributed by atoms with Crippen molar-refractivity contribution in [2.45, 2.75) is 25.5 Å². The summed E-state index contributed by atoms with van der Waals surface area (Å²) >= 11 is 0. The number of carbonyl (C=O) groups excluding carboxylic acids is 2. The van der Waals surface area contributed by atoms with E-state index in [1.807, 2.05) is 0 Å². The molecule has 0 saturated heterocycles. The molecule has 12 heteroatoms. The minimum Gasteiger partial charge on any atom is -0.383 e. The number of nitrogens with two attached hydrogens (primary N) is 1. The standard InChI is InChI=1S/C24H22F3N7O2/c1-32-20-17-9-14(5-8-19(17)31-21(28)18(20)11-30-32)23(36)34(33(2)22(35)13-3-4-13)12-16-7-6-15(10-29-16)24(25,26)27/h5-11,13H,3-4,12H2,1-2H3,(H2,28,31)/i12D2. The van der Waals surface area contributed by atoms with Gasteiger partial charge in [0.15, 0.2) is 0 Å². The zero-order valence-corrected chi connectivity index (χ0v) is 19.2. The number of aromatic nitrogens is 4. The van der Waals surface area contributed by atoms with Gasteiger partial charge in [0, 0.05) is 37.2 Å². The number of carbonyl (C=O) groups is 2. The number of aryl methyl sites for hydroxylation is 1. The first kappa shape index (κ1) is 21.1. The highest BCUT2D eigenvalue weighted by Crippen LogP contribution is 2.33. The second-order valence-electron chi connectivity index (χ2n) is 8.55. The van der Waals surface area contributed by atoms with Crippen LogP contribution in [0.15, 0.2) is 42.7 Å². The van der Waals surface area contributed by atoms with Gasteiger partial charge in [-0.25, -0.2) is 9.99 Å². The summed E-state index contributed by atoms with van der Waals surface area (Å²) in [6.07, 6.45) is -1.46. The Bertz CT molecular complexity index is 1580. The average molecular weight is 499 g/mol. The molecule has 0 aliphatic heterocycles. The first-order valence-electron chi connectivity index (χ1n) is 12.0. The lowest BCUT2D eigenvalue weighted by Gasteiger charge is -2.32. The molecular formula is C24H22F3N7O2. The van der Waals surface area contributed by atoms with E-state index in [9.17, 15) is 22.8 Å². The van der Waals surface area contributed by atoms with Gasteiger partial charge in [-0.3, -0.25) is 24.3 Å². The van der Waals surface area contributed by atoms with Crippen LogP contribution in [0.1, 0.15) is 37.2 Å². The average Bonchev–Trinajstić information content (AvgIpc) is 3.64. The number of hydrogen-bond acceptors (Lipinski definition) is 6. The topological polar surface area (TPSA) is 110 Å². The second-order valence-corrected chi connectivity index (χ2v) is 8.55. The highest BCUT2D eigenvalue weighted by molar-refractivity contribution is 6.10. The highest BCUT2D eigenvalue weighted by atomic mass is 19.4. The summed E-state index contributed by atoms with van der Waals surface area (Å²) in [7, 11) is 2.95. The first-order chi connectivity index (χ1) is 17.8. The van der Waals surface area contributed by atoms with Gasteiger partial charge in [0.1, 0.15) is 5.82 Å². The number of rotatable bonds is 4. The summed E-state index contributed by atoms with van der Waals surface area (Å²) in [5.74, 6) is -1.51. The Hall–Kier alpha value is -4.22. The van der Waals surface area contributed by atoms with Gasteiger partial charge >= 0.3 is 6.18 Å². The SMILES string of the molecule is [2H]C([2H])(c1ccc(C(F)(F)F)cn1)N(C(=O)c1ccc2nc(N)c3cnn(C)c3c2c1)N(C)C(=O)C1CC1. The maximum absolute atomic E-state index is 13.9. The third-order valence-corrected chi connectivity index (χ3v) is 6.00. The lowest BCUT2D eigenvalue weighted by atomic mass is 10.1. The molecule has 0 spiro atoms. The summed E-state index contributed by atoms with van der Waals surface area (Å²) in [6, 6.07) is 5.98. The molecule has 3 aromatic heterocycles. The molecule has 9 nitrogen and oxygen atoms in total. The summed E-state index contributed by atoms with van der Waals surface area (Å²) in [6.45, 7) is -2.78. The maximum atomic E-state index is 13.9. The summed E-state index contributed by atoms with van der Waals surface area (Å²) in [4.78, 5) is 34.8. The number of alkyl halides is 3. The van der Waals surface area contributed by atoms with Crippen LogP contribution in [0.3, 0.4) is 0 Å². The van der Waals surface area contributed by atoms with Crippen LogP contribution < -0.4 is 5.73 Å². The van der Waals surface area contributed by atoms with E-state index < -0.39 is 35.7 Å². The monoisotopic (exact) mass is 499 g/mol. The molecule has 36 heavy (non-hydrogen) atoms. The molecule has 2 amide bonds. The molecule has 0 unspecified atom stereocenters. The second kappa shape index (κ2) is 8.47. The predicted octanol–water partition coefficient (Wildman–Crippen LogP) is 3.54. The van der Waals surface area contributed by atoms with Crippen LogP contribution in [0, 0.1) is 5.92 Å². The molecule has 186 valence electrons. The van der Waals surface area contributed by atoms with Crippen LogP contribution in [-0.2, 0) is 24.5 Å². The number of pyridine rings is 2. The van der Waals surface area contributed by atoms with Crippen LogP contribution in [-0.4, -0.2) is 48.6 Å². The van der Waals surface area contributed by atoms with Crippen molar-refractivity contribution in [2.24, 2.45) is 13.0 Å². The van der Waals surface area contributed by atoms with Gasteiger partial charge < -0.3 is 5.73 Å². The van der Waals surface area contributed by atoms with Crippen LogP contribution in [0.5, 0.6) is 0 Å². The van der Waals surface area contributed by atoms with E-state index in [1.165, 1.54) is 31.4 Å². The molecule has 5 rings (SSSR count). The molecule has 1 aliphatic rings. The van der Waals surface area contributed by atoms with Gasteiger partial charge in [-0.1, -0.05) is 0 Å². The van der Waals surface area contributed by atoms with Crippen LogP contribution in [0.4, 0.5) is 19.0 Å². The maximum Gasteiger partial charge on any atom is 0.417 e. The van der Waals surface area contributed by atoms with E-state index in [0.29, 0.717) is 51.9 Å². The number of hydrazine groups is 1. The van der Waals surface area contributed by atoms with Crippen LogP contribution in [0.25, 0.3) is 21.8 Å². The van der Waals surface area contributed by atoms with Crippen LogP contribution in [0.2, 0.25) is 0 Å². The molecule has 4 aromatic rings. The Labute approximate surface area is 206 Å². The van der Waals surface area contributed by atoms with E-state index in [0.717, 1.165) is 11.1 Å². The molecule has 3 heterocycles. The number of anilines is 1. The third kappa shape index (κ3) is 4.18. The lowest BCUT2D eigenvalue weighted by molar-refractivity contribution is -0.144. The Morgan fingerprint density at radius 1 is 1.19 bits per heavy atom. The van der Waals surface area contributed by atoms with Gasteiger partial charge in [0.05, 0.1) is 43.1 Å². The number of halogens is 3. The lowest BCUT2D eigenvalue weighted by Crippen LogP contribution is -2.47. The summed E-state index contributed by atoms with van der Waals surface area (Å²) in [5.41, 5.74) is 5.57. The van der Waals surface area contributed by atoms with Gasteiger partial charge in [-0.15, -0.1) is 0 Å². The van der Waals surface area contributed by atoms with Gasteiger partial charge in [0.25, 0.3) is 5.91 Å². The molecule has 0 bridgehead atoms. The van der Waals surface area contributed by atoms with Gasteiger partial charge in [-0.2, -0.15) is 18.3 Å². The summed E-state index contributed by atoms with van der Waals surface area (Å²) < 4.78 is 58.2. The van der Waals surface area contributed by atoms with E-state index in [1.54, 1.807) is 11.7 Å². The van der Waals surface area contributed by atoms with Crippen molar-refractivity contribution in [2.75, 3.05) is 12.8 Å².